The molecule has 0 saturated carbocycles. The van der Waals surface area contributed by atoms with Crippen LogP contribution in [-0.4, -0.2) is 12.1 Å². The highest BCUT2D eigenvalue weighted by Crippen LogP contribution is 2.34. The summed E-state index contributed by atoms with van der Waals surface area (Å²) in [6.45, 7) is 0.199. The zero-order valence-electron chi connectivity index (χ0n) is 10.7. The van der Waals surface area contributed by atoms with Crippen molar-refractivity contribution in [3.05, 3.63) is 53.7 Å². The maximum absolute atomic E-state index is 12.8. The summed E-state index contributed by atoms with van der Waals surface area (Å²) >= 11 is 0. The van der Waals surface area contributed by atoms with Crippen molar-refractivity contribution >= 4 is 5.69 Å². The molecule has 0 atom stereocenters. The molecule has 0 aliphatic carbocycles. The summed E-state index contributed by atoms with van der Waals surface area (Å²) in [6.07, 6.45) is -2.82. The number of rotatable bonds is 4. The molecule has 0 aliphatic rings. The second kappa shape index (κ2) is 5.81. The van der Waals surface area contributed by atoms with Crippen LogP contribution in [0.3, 0.4) is 0 Å². The second-order valence-electron chi connectivity index (χ2n) is 4.07. The van der Waals surface area contributed by atoms with E-state index in [0.717, 1.165) is 6.07 Å². The summed E-state index contributed by atoms with van der Waals surface area (Å²) in [5.74, 6) is 0.393. The lowest BCUT2D eigenvalue weighted by atomic mass is 10.1. The third-order valence-electron chi connectivity index (χ3n) is 2.75. The van der Waals surface area contributed by atoms with Crippen molar-refractivity contribution in [2.45, 2.75) is 12.7 Å². The monoisotopic (exact) mass is 282 g/mol. The molecule has 20 heavy (non-hydrogen) atoms. The van der Waals surface area contributed by atoms with Crippen LogP contribution in [-0.2, 0) is 12.7 Å². The van der Waals surface area contributed by atoms with Crippen LogP contribution in [0.5, 0.6) is 5.88 Å². The van der Waals surface area contributed by atoms with Gasteiger partial charge in [-0.05, 0) is 18.2 Å². The van der Waals surface area contributed by atoms with E-state index >= 15 is 0 Å². The van der Waals surface area contributed by atoms with Crippen LogP contribution >= 0.6 is 0 Å². The maximum atomic E-state index is 12.8. The molecule has 0 aliphatic heterocycles. The lowest BCUT2D eigenvalue weighted by molar-refractivity contribution is -0.136. The number of anilines is 1. The first-order valence-electron chi connectivity index (χ1n) is 5.90. The van der Waals surface area contributed by atoms with Crippen molar-refractivity contribution in [3.8, 4) is 5.88 Å². The Hall–Kier alpha value is -2.24. The van der Waals surface area contributed by atoms with E-state index in [4.69, 9.17) is 4.74 Å². The fourth-order valence-corrected chi connectivity index (χ4v) is 1.82. The first kappa shape index (κ1) is 14.2. The molecule has 0 fully saturated rings. The Labute approximate surface area is 114 Å². The van der Waals surface area contributed by atoms with Gasteiger partial charge in [0.15, 0.2) is 0 Å². The summed E-state index contributed by atoms with van der Waals surface area (Å²) in [6, 6.07) is 8.80. The van der Waals surface area contributed by atoms with Gasteiger partial charge < -0.3 is 10.1 Å². The molecule has 0 amide bonds. The number of alkyl halides is 3. The van der Waals surface area contributed by atoms with Gasteiger partial charge in [-0.25, -0.2) is 4.98 Å². The van der Waals surface area contributed by atoms with Gasteiger partial charge in [-0.2, -0.15) is 13.2 Å². The number of aromatic nitrogens is 1. The van der Waals surface area contributed by atoms with Gasteiger partial charge in [-0.15, -0.1) is 0 Å². The van der Waals surface area contributed by atoms with Crippen LogP contribution in [0.15, 0.2) is 42.6 Å². The van der Waals surface area contributed by atoms with Gasteiger partial charge >= 0.3 is 6.18 Å². The van der Waals surface area contributed by atoms with Crippen LogP contribution in [0.4, 0.5) is 18.9 Å². The molecule has 3 nitrogen and oxygen atoms in total. The summed E-state index contributed by atoms with van der Waals surface area (Å²) in [4.78, 5) is 4.00. The molecular weight excluding hydrogens is 269 g/mol. The summed E-state index contributed by atoms with van der Waals surface area (Å²) in [7, 11) is 1.47. The zero-order chi connectivity index (χ0) is 14.6. The Bertz CT molecular complexity index is 585. The molecule has 106 valence electrons. The van der Waals surface area contributed by atoms with E-state index in [0.29, 0.717) is 11.4 Å². The fraction of sp³-hybridized carbons (Fsp3) is 0.214. The minimum Gasteiger partial charge on any atom is -0.481 e. The van der Waals surface area contributed by atoms with E-state index in [2.05, 4.69) is 10.3 Å². The van der Waals surface area contributed by atoms with E-state index in [1.807, 2.05) is 0 Å². The molecule has 1 N–H and O–H groups in total. The van der Waals surface area contributed by atoms with Crippen LogP contribution < -0.4 is 10.1 Å². The number of nitrogens with zero attached hydrogens (tertiary/aromatic N) is 1. The van der Waals surface area contributed by atoms with E-state index in [9.17, 15) is 13.2 Å². The van der Waals surface area contributed by atoms with Crippen LogP contribution in [0.1, 0.15) is 11.1 Å². The smallest absolute Gasteiger partial charge is 0.418 e. The first-order chi connectivity index (χ1) is 9.52. The molecule has 0 saturated heterocycles. The zero-order valence-corrected chi connectivity index (χ0v) is 10.7. The lowest BCUT2D eigenvalue weighted by Gasteiger charge is -2.15. The average molecular weight is 282 g/mol. The van der Waals surface area contributed by atoms with Crippen LogP contribution in [0.2, 0.25) is 0 Å². The highest BCUT2D eigenvalue weighted by Gasteiger charge is 2.33. The molecule has 0 unspecified atom stereocenters. The number of pyridine rings is 1. The van der Waals surface area contributed by atoms with Gasteiger partial charge in [0, 0.05) is 24.0 Å². The lowest BCUT2D eigenvalue weighted by Crippen LogP contribution is -2.11. The van der Waals surface area contributed by atoms with Crippen molar-refractivity contribution in [3.63, 3.8) is 0 Å². The van der Waals surface area contributed by atoms with Crippen molar-refractivity contribution in [1.29, 1.82) is 0 Å². The van der Waals surface area contributed by atoms with Crippen molar-refractivity contribution in [1.82, 2.24) is 4.98 Å². The van der Waals surface area contributed by atoms with Gasteiger partial charge in [0.2, 0.25) is 5.88 Å². The van der Waals surface area contributed by atoms with Crippen molar-refractivity contribution < 1.29 is 17.9 Å². The van der Waals surface area contributed by atoms with Crippen molar-refractivity contribution in [2.75, 3.05) is 12.4 Å². The molecule has 6 heteroatoms. The van der Waals surface area contributed by atoms with Crippen molar-refractivity contribution in [2.24, 2.45) is 0 Å². The largest absolute Gasteiger partial charge is 0.481 e. The number of ether oxygens (including phenoxy) is 1. The number of halogens is 3. The molecule has 1 heterocycles. The Morgan fingerprint density at radius 1 is 1.15 bits per heavy atom. The predicted molar refractivity (Wildman–Crippen MR) is 69.6 cm³/mol. The molecule has 0 bridgehead atoms. The quantitative estimate of drug-likeness (QED) is 0.928. The summed E-state index contributed by atoms with van der Waals surface area (Å²) in [5.41, 5.74) is 0.0285. The minimum absolute atomic E-state index is 0.0332. The second-order valence-corrected chi connectivity index (χ2v) is 4.07. The number of hydrogen-bond acceptors (Lipinski definition) is 3. The van der Waals surface area contributed by atoms with Gasteiger partial charge in [-0.1, -0.05) is 18.2 Å². The molecule has 1 aromatic carbocycles. The van der Waals surface area contributed by atoms with Gasteiger partial charge in [0.05, 0.1) is 12.7 Å². The van der Waals surface area contributed by atoms with E-state index in [1.165, 1.54) is 19.2 Å². The number of methoxy groups -OCH3 is 1. The standard InChI is InChI=1S/C14H13F3N2O/c1-20-13-10(5-4-8-18-13)9-19-12-7-3-2-6-11(12)14(15,16)17/h2-8,19H,9H2,1H3. The average Bonchev–Trinajstić information content (AvgIpc) is 2.44. The highest BCUT2D eigenvalue weighted by molar-refractivity contribution is 5.53. The van der Waals surface area contributed by atoms with Crippen LogP contribution in [0.25, 0.3) is 0 Å². The summed E-state index contributed by atoms with van der Waals surface area (Å²) < 4.78 is 43.6. The Kier molecular flexibility index (Phi) is 4.12. The molecule has 2 aromatic rings. The maximum Gasteiger partial charge on any atom is 0.418 e. The Balaban J connectivity index is 2.20. The Morgan fingerprint density at radius 3 is 2.60 bits per heavy atom. The normalized spacial score (nSPS) is 11.2. The molecule has 1 aromatic heterocycles. The van der Waals surface area contributed by atoms with E-state index < -0.39 is 11.7 Å². The number of hydrogen-bond donors (Lipinski definition) is 1. The van der Waals surface area contributed by atoms with E-state index in [-0.39, 0.29) is 12.2 Å². The predicted octanol–water partition coefficient (Wildman–Crippen LogP) is 3.72. The minimum atomic E-state index is -4.39. The third-order valence-corrected chi connectivity index (χ3v) is 2.75. The SMILES string of the molecule is COc1ncccc1CNc1ccccc1C(F)(F)F. The topological polar surface area (TPSA) is 34.1 Å². The van der Waals surface area contributed by atoms with Gasteiger partial charge in [0.1, 0.15) is 0 Å². The summed E-state index contributed by atoms with van der Waals surface area (Å²) in [5, 5.41) is 2.77. The number of benzene rings is 1. The third kappa shape index (κ3) is 3.20. The van der Waals surface area contributed by atoms with Gasteiger partial charge in [-0.3, -0.25) is 0 Å². The van der Waals surface area contributed by atoms with E-state index in [1.54, 1.807) is 24.4 Å². The first-order valence-corrected chi connectivity index (χ1v) is 5.90. The molecular formula is C14H13F3N2O. The number of para-hydroxylation sites is 1. The molecule has 0 radical (unpaired) electrons. The molecule has 2 rings (SSSR count). The highest BCUT2D eigenvalue weighted by atomic mass is 19.4. The van der Waals surface area contributed by atoms with Crippen LogP contribution in [0, 0.1) is 0 Å². The Morgan fingerprint density at radius 2 is 1.90 bits per heavy atom. The number of nitrogens with one attached hydrogen (secondary N) is 1. The fourth-order valence-electron chi connectivity index (χ4n) is 1.82. The molecule has 0 spiro atoms. The van der Waals surface area contributed by atoms with Gasteiger partial charge in [0.25, 0.3) is 0 Å².